The molecule has 1 amide bonds. The molecule has 2 aromatic rings. The molecule has 2 aliphatic rings. The largest absolute Gasteiger partial charge is 0.492 e. The van der Waals surface area contributed by atoms with Crippen LogP contribution in [0.1, 0.15) is 17.5 Å². The van der Waals surface area contributed by atoms with E-state index >= 15 is 0 Å². The van der Waals surface area contributed by atoms with Crippen LogP contribution in [-0.2, 0) is 17.8 Å². The average Bonchev–Trinajstić information content (AvgIpc) is 2.78. The Balaban J connectivity index is 1.11. The van der Waals surface area contributed by atoms with Gasteiger partial charge < -0.3 is 15.0 Å². The number of piperazine rings is 1. The monoisotopic (exact) mass is 393 g/mol. The van der Waals surface area contributed by atoms with Crippen molar-refractivity contribution >= 4 is 5.91 Å². The van der Waals surface area contributed by atoms with Gasteiger partial charge in [0.05, 0.1) is 5.92 Å². The van der Waals surface area contributed by atoms with Gasteiger partial charge in [0.25, 0.3) is 0 Å². The number of para-hydroxylation sites is 1. The number of hydrogen-bond acceptors (Lipinski definition) is 4. The molecular formula is C24H31N3O2. The fourth-order valence-electron chi connectivity index (χ4n) is 4.17. The Morgan fingerprint density at radius 2 is 1.69 bits per heavy atom. The second-order valence-corrected chi connectivity index (χ2v) is 8.07. The zero-order valence-corrected chi connectivity index (χ0v) is 17.1. The summed E-state index contributed by atoms with van der Waals surface area (Å²) < 4.78 is 5.74. The van der Waals surface area contributed by atoms with Gasteiger partial charge in [0.15, 0.2) is 0 Å². The molecule has 1 atom stereocenters. The summed E-state index contributed by atoms with van der Waals surface area (Å²) in [7, 11) is 0. The normalized spacial score (nSPS) is 19.9. The fourth-order valence-corrected chi connectivity index (χ4v) is 4.17. The minimum atomic E-state index is -0.0774. The molecule has 2 heterocycles. The number of ether oxygens (including phenoxy) is 1. The summed E-state index contributed by atoms with van der Waals surface area (Å²) in [6, 6.07) is 18.7. The number of rotatable bonds is 7. The van der Waals surface area contributed by atoms with Crippen molar-refractivity contribution in [3.8, 4) is 5.75 Å². The highest BCUT2D eigenvalue weighted by Gasteiger charge is 2.25. The molecule has 1 unspecified atom stereocenters. The van der Waals surface area contributed by atoms with Crippen molar-refractivity contribution in [3.63, 3.8) is 0 Å². The summed E-state index contributed by atoms with van der Waals surface area (Å²) in [5.41, 5.74) is 2.52. The van der Waals surface area contributed by atoms with Crippen molar-refractivity contribution in [1.29, 1.82) is 0 Å². The molecule has 4 rings (SSSR count). The lowest BCUT2D eigenvalue weighted by atomic mass is 9.96. The lowest BCUT2D eigenvalue weighted by molar-refractivity contribution is -0.126. The minimum absolute atomic E-state index is 0.0774. The summed E-state index contributed by atoms with van der Waals surface area (Å²) in [6.07, 6.45) is 1.76. The van der Waals surface area contributed by atoms with Gasteiger partial charge in [-0.2, -0.15) is 0 Å². The SMILES string of the molecule is O=C(NCCCN1CCN(Cc2ccccc2)CC1)C1COc2ccccc2C1. The Hall–Kier alpha value is -2.37. The van der Waals surface area contributed by atoms with Gasteiger partial charge in [-0.15, -0.1) is 0 Å². The smallest absolute Gasteiger partial charge is 0.226 e. The van der Waals surface area contributed by atoms with Crippen molar-refractivity contribution in [2.75, 3.05) is 45.9 Å². The van der Waals surface area contributed by atoms with E-state index in [4.69, 9.17) is 4.74 Å². The van der Waals surface area contributed by atoms with E-state index in [-0.39, 0.29) is 11.8 Å². The van der Waals surface area contributed by atoms with Crippen molar-refractivity contribution in [3.05, 3.63) is 65.7 Å². The Kier molecular flexibility index (Phi) is 6.80. The first-order chi connectivity index (χ1) is 14.3. The van der Waals surface area contributed by atoms with Gasteiger partial charge in [0, 0.05) is 39.3 Å². The van der Waals surface area contributed by atoms with Crippen molar-refractivity contribution in [2.24, 2.45) is 5.92 Å². The van der Waals surface area contributed by atoms with E-state index in [1.807, 2.05) is 24.3 Å². The maximum absolute atomic E-state index is 12.5. The van der Waals surface area contributed by atoms with Crippen LogP contribution >= 0.6 is 0 Å². The number of carbonyl (C=O) groups is 1. The van der Waals surface area contributed by atoms with Gasteiger partial charge in [-0.3, -0.25) is 9.69 Å². The molecule has 2 aliphatic heterocycles. The third-order valence-corrected chi connectivity index (χ3v) is 5.91. The first-order valence-electron chi connectivity index (χ1n) is 10.7. The number of nitrogens with zero attached hydrogens (tertiary/aromatic N) is 2. The van der Waals surface area contributed by atoms with E-state index in [2.05, 4.69) is 45.4 Å². The van der Waals surface area contributed by atoms with Crippen LogP contribution in [0.25, 0.3) is 0 Å². The molecule has 5 nitrogen and oxygen atoms in total. The maximum atomic E-state index is 12.5. The van der Waals surface area contributed by atoms with Crippen LogP contribution in [0.3, 0.4) is 0 Å². The van der Waals surface area contributed by atoms with Gasteiger partial charge in [-0.25, -0.2) is 0 Å². The molecule has 29 heavy (non-hydrogen) atoms. The molecule has 0 radical (unpaired) electrons. The number of fused-ring (bicyclic) bond motifs is 1. The van der Waals surface area contributed by atoms with E-state index in [0.29, 0.717) is 6.61 Å². The molecule has 1 saturated heterocycles. The van der Waals surface area contributed by atoms with Crippen molar-refractivity contribution in [2.45, 2.75) is 19.4 Å². The number of hydrogen-bond donors (Lipinski definition) is 1. The van der Waals surface area contributed by atoms with E-state index in [1.165, 1.54) is 5.56 Å². The predicted octanol–water partition coefficient (Wildman–Crippen LogP) is 2.56. The second-order valence-electron chi connectivity index (χ2n) is 8.07. The number of carbonyl (C=O) groups excluding carboxylic acids is 1. The highest BCUT2D eigenvalue weighted by atomic mass is 16.5. The van der Waals surface area contributed by atoms with Gasteiger partial charge in [0.2, 0.25) is 5.91 Å². The van der Waals surface area contributed by atoms with E-state index in [1.54, 1.807) is 0 Å². The lowest BCUT2D eigenvalue weighted by Gasteiger charge is -2.34. The minimum Gasteiger partial charge on any atom is -0.492 e. The topological polar surface area (TPSA) is 44.8 Å². The van der Waals surface area contributed by atoms with Crippen LogP contribution in [-0.4, -0.2) is 61.6 Å². The summed E-state index contributed by atoms with van der Waals surface area (Å²) >= 11 is 0. The first kappa shape index (κ1) is 19.9. The standard InChI is InChI=1S/C24H31N3O2/c28-24(22-17-21-9-4-5-10-23(21)29-19-22)25-11-6-12-26-13-15-27(16-14-26)18-20-7-2-1-3-8-20/h1-5,7-10,22H,6,11-19H2,(H,25,28). The van der Waals surface area contributed by atoms with Gasteiger partial charge >= 0.3 is 0 Å². The predicted molar refractivity (Wildman–Crippen MR) is 115 cm³/mol. The summed E-state index contributed by atoms with van der Waals surface area (Å²) in [5, 5.41) is 3.11. The molecule has 0 saturated carbocycles. The summed E-state index contributed by atoms with van der Waals surface area (Å²) in [4.78, 5) is 17.5. The molecule has 0 spiro atoms. The zero-order chi connectivity index (χ0) is 19.9. The molecule has 1 fully saturated rings. The third-order valence-electron chi connectivity index (χ3n) is 5.91. The average molecular weight is 394 g/mol. The van der Waals surface area contributed by atoms with Gasteiger partial charge in [-0.05, 0) is 36.6 Å². The van der Waals surface area contributed by atoms with E-state index in [0.717, 1.165) is 70.0 Å². The van der Waals surface area contributed by atoms with Crippen LogP contribution in [0.5, 0.6) is 5.75 Å². The second kappa shape index (κ2) is 9.90. The molecule has 0 aliphatic carbocycles. The van der Waals surface area contributed by atoms with Crippen LogP contribution in [0.2, 0.25) is 0 Å². The number of nitrogens with one attached hydrogen (secondary N) is 1. The summed E-state index contributed by atoms with van der Waals surface area (Å²) in [6.45, 7) is 7.73. The lowest BCUT2D eigenvalue weighted by Crippen LogP contribution is -2.46. The molecule has 2 aromatic carbocycles. The molecule has 0 aromatic heterocycles. The number of benzene rings is 2. The molecule has 154 valence electrons. The van der Waals surface area contributed by atoms with Crippen LogP contribution in [0.4, 0.5) is 0 Å². The van der Waals surface area contributed by atoms with Crippen molar-refractivity contribution < 1.29 is 9.53 Å². The van der Waals surface area contributed by atoms with Gasteiger partial charge in [0.1, 0.15) is 12.4 Å². The van der Waals surface area contributed by atoms with E-state index < -0.39 is 0 Å². The molecular weight excluding hydrogens is 362 g/mol. The van der Waals surface area contributed by atoms with Crippen molar-refractivity contribution in [1.82, 2.24) is 15.1 Å². The highest BCUT2D eigenvalue weighted by molar-refractivity contribution is 5.79. The Labute approximate surface area is 173 Å². The Bertz CT molecular complexity index is 788. The highest BCUT2D eigenvalue weighted by Crippen LogP contribution is 2.26. The third kappa shape index (κ3) is 5.58. The summed E-state index contributed by atoms with van der Waals surface area (Å²) in [5.74, 6) is 0.960. The van der Waals surface area contributed by atoms with Crippen LogP contribution < -0.4 is 10.1 Å². The van der Waals surface area contributed by atoms with Crippen LogP contribution in [0.15, 0.2) is 54.6 Å². The molecule has 5 heteroatoms. The Morgan fingerprint density at radius 3 is 2.52 bits per heavy atom. The Morgan fingerprint density at radius 1 is 0.966 bits per heavy atom. The number of amides is 1. The van der Waals surface area contributed by atoms with Crippen LogP contribution in [0, 0.1) is 5.92 Å². The fraction of sp³-hybridized carbons (Fsp3) is 0.458. The quantitative estimate of drug-likeness (QED) is 0.735. The molecule has 1 N–H and O–H groups in total. The first-order valence-corrected chi connectivity index (χ1v) is 10.7. The zero-order valence-electron chi connectivity index (χ0n) is 17.1. The van der Waals surface area contributed by atoms with Gasteiger partial charge in [-0.1, -0.05) is 48.5 Å². The van der Waals surface area contributed by atoms with E-state index in [9.17, 15) is 4.79 Å². The maximum Gasteiger partial charge on any atom is 0.226 e. The molecule has 0 bridgehead atoms.